The molecule has 23 heavy (non-hydrogen) atoms. The molecule has 1 fully saturated rings. The molecule has 1 heterocycles. The normalized spacial score (nSPS) is 16.3. The lowest BCUT2D eigenvalue weighted by atomic mass is 10.0. The third-order valence-electron chi connectivity index (χ3n) is 4.21. The summed E-state index contributed by atoms with van der Waals surface area (Å²) in [4.78, 5) is 14.9. The molecule has 1 aromatic carbocycles. The second kappa shape index (κ2) is 8.34. The van der Waals surface area contributed by atoms with Gasteiger partial charge in [-0.05, 0) is 76.4 Å². The van der Waals surface area contributed by atoms with E-state index < -0.39 is 0 Å². The largest absolute Gasteiger partial charge is 0.494 e. The highest BCUT2D eigenvalue weighted by atomic mass is 16.5. The number of carbonyl (C=O) groups is 1. The van der Waals surface area contributed by atoms with Crippen LogP contribution in [-0.4, -0.2) is 43.2 Å². The van der Waals surface area contributed by atoms with Crippen molar-refractivity contribution in [3.63, 3.8) is 0 Å². The zero-order chi connectivity index (χ0) is 16.8. The van der Waals surface area contributed by atoms with Crippen molar-refractivity contribution in [2.24, 2.45) is 0 Å². The van der Waals surface area contributed by atoms with Crippen LogP contribution in [0, 0.1) is 13.8 Å². The fourth-order valence-electron chi connectivity index (χ4n) is 3.16. The number of rotatable bonds is 7. The van der Waals surface area contributed by atoms with E-state index in [1.807, 2.05) is 32.9 Å². The van der Waals surface area contributed by atoms with E-state index in [9.17, 15) is 4.79 Å². The van der Waals surface area contributed by atoms with Gasteiger partial charge in [-0.3, -0.25) is 4.90 Å². The molecule has 2 rings (SSSR count). The molecular formula is C19H29NO3. The van der Waals surface area contributed by atoms with Gasteiger partial charge >= 0.3 is 5.97 Å². The van der Waals surface area contributed by atoms with Crippen molar-refractivity contribution < 1.29 is 14.3 Å². The average molecular weight is 319 g/mol. The third-order valence-corrected chi connectivity index (χ3v) is 4.21. The van der Waals surface area contributed by atoms with Crippen LogP contribution >= 0.6 is 0 Å². The number of nitrogens with zero attached hydrogens (tertiary/aromatic N) is 1. The minimum atomic E-state index is -0.228. The first-order valence-electron chi connectivity index (χ1n) is 8.68. The van der Waals surface area contributed by atoms with Gasteiger partial charge in [0.25, 0.3) is 0 Å². The summed E-state index contributed by atoms with van der Waals surface area (Å²) < 4.78 is 11.3. The molecule has 0 bridgehead atoms. The SMILES string of the molecule is CCCOc1cc(C)c(C(=O)O[C@H](C)CN2CCCC2)c(C)c1. The van der Waals surface area contributed by atoms with Gasteiger partial charge < -0.3 is 9.47 Å². The highest BCUT2D eigenvalue weighted by molar-refractivity contribution is 5.93. The summed E-state index contributed by atoms with van der Waals surface area (Å²) in [6.45, 7) is 11.7. The van der Waals surface area contributed by atoms with Gasteiger partial charge in [-0.1, -0.05) is 6.92 Å². The van der Waals surface area contributed by atoms with E-state index in [0.717, 1.165) is 42.9 Å². The van der Waals surface area contributed by atoms with Gasteiger partial charge in [0, 0.05) is 6.54 Å². The number of esters is 1. The first kappa shape index (κ1) is 17.8. The predicted octanol–water partition coefficient (Wildman–Crippen LogP) is 3.73. The first-order chi connectivity index (χ1) is 11.0. The number of aryl methyl sites for hydroxylation is 2. The molecule has 1 atom stereocenters. The summed E-state index contributed by atoms with van der Waals surface area (Å²) in [5, 5.41) is 0. The minimum absolute atomic E-state index is 0.0876. The molecule has 0 amide bonds. The summed E-state index contributed by atoms with van der Waals surface area (Å²) in [6.07, 6.45) is 3.38. The molecule has 4 heteroatoms. The van der Waals surface area contributed by atoms with Crippen molar-refractivity contribution >= 4 is 5.97 Å². The first-order valence-corrected chi connectivity index (χ1v) is 8.68. The zero-order valence-electron chi connectivity index (χ0n) is 14.9. The van der Waals surface area contributed by atoms with Gasteiger partial charge in [0.1, 0.15) is 11.9 Å². The summed E-state index contributed by atoms with van der Waals surface area (Å²) in [7, 11) is 0. The van der Waals surface area contributed by atoms with Crippen molar-refractivity contribution in [3.8, 4) is 5.75 Å². The maximum Gasteiger partial charge on any atom is 0.338 e. The fourth-order valence-corrected chi connectivity index (χ4v) is 3.16. The maximum absolute atomic E-state index is 12.5. The Kier molecular flexibility index (Phi) is 6.46. The molecule has 0 saturated carbocycles. The van der Waals surface area contributed by atoms with Crippen LogP contribution in [0.3, 0.4) is 0 Å². The highest BCUT2D eigenvalue weighted by Gasteiger charge is 2.20. The van der Waals surface area contributed by atoms with Crippen molar-refractivity contribution in [1.82, 2.24) is 4.90 Å². The van der Waals surface area contributed by atoms with Gasteiger partial charge in [-0.2, -0.15) is 0 Å². The van der Waals surface area contributed by atoms with Crippen molar-refractivity contribution in [2.45, 2.75) is 53.1 Å². The van der Waals surface area contributed by atoms with E-state index in [-0.39, 0.29) is 12.1 Å². The zero-order valence-corrected chi connectivity index (χ0v) is 14.9. The van der Waals surface area contributed by atoms with Gasteiger partial charge in [0.15, 0.2) is 0 Å². The molecule has 0 aromatic heterocycles. The Morgan fingerprint density at radius 1 is 1.22 bits per heavy atom. The Labute approximate surface area is 139 Å². The van der Waals surface area contributed by atoms with Gasteiger partial charge in [0.2, 0.25) is 0 Å². The highest BCUT2D eigenvalue weighted by Crippen LogP contribution is 2.23. The standard InChI is InChI=1S/C19H29NO3/c1-5-10-22-17-11-14(2)18(15(3)12-17)19(21)23-16(4)13-20-8-6-7-9-20/h11-12,16H,5-10,13H2,1-4H3/t16-/m1/s1. The predicted molar refractivity (Wildman–Crippen MR) is 92.3 cm³/mol. The second-order valence-corrected chi connectivity index (χ2v) is 6.50. The molecule has 1 aliphatic rings. The maximum atomic E-state index is 12.5. The van der Waals surface area contributed by atoms with E-state index in [4.69, 9.17) is 9.47 Å². The van der Waals surface area contributed by atoms with Crippen molar-refractivity contribution in [3.05, 3.63) is 28.8 Å². The Balaban J connectivity index is 2.00. The molecule has 0 radical (unpaired) electrons. The van der Waals surface area contributed by atoms with Crippen LogP contribution in [0.2, 0.25) is 0 Å². The van der Waals surface area contributed by atoms with Crippen LogP contribution in [0.5, 0.6) is 5.75 Å². The van der Waals surface area contributed by atoms with E-state index in [1.54, 1.807) is 0 Å². The number of ether oxygens (including phenoxy) is 2. The van der Waals surface area contributed by atoms with Crippen LogP contribution in [-0.2, 0) is 4.74 Å². The Morgan fingerprint density at radius 3 is 2.39 bits per heavy atom. The lowest BCUT2D eigenvalue weighted by Crippen LogP contribution is -2.31. The van der Waals surface area contributed by atoms with E-state index in [2.05, 4.69) is 11.8 Å². The monoisotopic (exact) mass is 319 g/mol. The Bertz CT molecular complexity index is 512. The van der Waals surface area contributed by atoms with Crippen molar-refractivity contribution in [1.29, 1.82) is 0 Å². The number of hydrogen-bond donors (Lipinski definition) is 0. The van der Waals surface area contributed by atoms with E-state index >= 15 is 0 Å². The Hall–Kier alpha value is -1.55. The number of hydrogen-bond acceptors (Lipinski definition) is 4. The molecular weight excluding hydrogens is 290 g/mol. The topological polar surface area (TPSA) is 38.8 Å². The summed E-state index contributed by atoms with van der Waals surface area (Å²) in [5.74, 6) is 0.595. The molecule has 0 aliphatic carbocycles. The van der Waals surface area contributed by atoms with Crippen LogP contribution in [0.25, 0.3) is 0 Å². The molecule has 1 aliphatic heterocycles. The summed E-state index contributed by atoms with van der Waals surface area (Å²) >= 11 is 0. The van der Waals surface area contributed by atoms with Crippen LogP contribution < -0.4 is 4.74 Å². The van der Waals surface area contributed by atoms with Crippen molar-refractivity contribution in [2.75, 3.05) is 26.2 Å². The van der Waals surface area contributed by atoms with Crippen LogP contribution in [0.15, 0.2) is 12.1 Å². The Morgan fingerprint density at radius 2 is 1.83 bits per heavy atom. The molecule has 128 valence electrons. The molecule has 0 unspecified atom stereocenters. The lowest BCUT2D eigenvalue weighted by molar-refractivity contribution is 0.0269. The van der Waals surface area contributed by atoms with Gasteiger partial charge in [-0.15, -0.1) is 0 Å². The average Bonchev–Trinajstić information content (AvgIpc) is 2.96. The minimum Gasteiger partial charge on any atom is -0.494 e. The second-order valence-electron chi connectivity index (χ2n) is 6.50. The number of likely N-dealkylation sites (tertiary alicyclic amines) is 1. The molecule has 0 N–H and O–H groups in total. The van der Waals surface area contributed by atoms with Gasteiger partial charge in [0.05, 0.1) is 12.2 Å². The van der Waals surface area contributed by atoms with Gasteiger partial charge in [-0.25, -0.2) is 4.79 Å². The summed E-state index contributed by atoms with van der Waals surface area (Å²) in [5.41, 5.74) is 2.49. The molecule has 4 nitrogen and oxygen atoms in total. The van der Waals surface area contributed by atoms with E-state index in [0.29, 0.717) is 12.2 Å². The molecule has 1 aromatic rings. The molecule has 0 spiro atoms. The summed E-state index contributed by atoms with van der Waals surface area (Å²) in [6, 6.07) is 3.84. The lowest BCUT2D eigenvalue weighted by Gasteiger charge is -2.21. The molecule has 1 saturated heterocycles. The van der Waals surface area contributed by atoms with Crippen LogP contribution in [0.4, 0.5) is 0 Å². The quantitative estimate of drug-likeness (QED) is 0.718. The number of carbonyl (C=O) groups excluding carboxylic acids is 1. The number of benzene rings is 1. The fraction of sp³-hybridized carbons (Fsp3) is 0.632. The van der Waals surface area contributed by atoms with E-state index in [1.165, 1.54) is 12.8 Å². The van der Waals surface area contributed by atoms with Crippen LogP contribution in [0.1, 0.15) is 54.6 Å². The smallest absolute Gasteiger partial charge is 0.338 e. The third kappa shape index (κ3) is 4.96.